The summed E-state index contributed by atoms with van der Waals surface area (Å²) in [5, 5.41) is 8.87. The fraction of sp³-hybridized carbons (Fsp3) is 0.500. The van der Waals surface area contributed by atoms with Gasteiger partial charge in [-0.05, 0) is 49.3 Å². The van der Waals surface area contributed by atoms with Crippen molar-refractivity contribution < 1.29 is 9.90 Å². The van der Waals surface area contributed by atoms with Crippen molar-refractivity contribution in [3.8, 4) is 0 Å². The van der Waals surface area contributed by atoms with E-state index in [1.165, 1.54) is 16.7 Å². The van der Waals surface area contributed by atoms with E-state index in [9.17, 15) is 4.79 Å². The molecule has 2 atom stereocenters. The van der Waals surface area contributed by atoms with Crippen LogP contribution in [0.4, 0.5) is 0 Å². The van der Waals surface area contributed by atoms with Gasteiger partial charge in [-0.3, -0.25) is 4.79 Å². The number of carbonyl (C=O) groups is 1. The number of benzene rings is 1. The van der Waals surface area contributed by atoms with Crippen LogP contribution in [0.3, 0.4) is 0 Å². The van der Waals surface area contributed by atoms with Gasteiger partial charge < -0.3 is 10.8 Å². The molecule has 3 heteroatoms. The summed E-state index contributed by atoms with van der Waals surface area (Å²) in [5.74, 6) is -0.699. The predicted octanol–water partition coefficient (Wildman–Crippen LogP) is 2.60. The number of carboxylic acid groups (broad SMARTS) is 1. The number of nitrogens with two attached hydrogens (primary N) is 1. The van der Waals surface area contributed by atoms with Gasteiger partial charge in [-0.2, -0.15) is 0 Å². The van der Waals surface area contributed by atoms with E-state index < -0.39 is 12.0 Å². The van der Waals surface area contributed by atoms with E-state index in [0.717, 1.165) is 6.42 Å². The molecule has 17 heavy (non-hydrogen) atoms. The molecule has 0 radical (unpaired) electrons. The average Bonchev–Trinajstić information content (AvgIpc) is 2.29. The first-order valence-corrected chi connectivity index (χ1v) is 6.01. The number of carboxylic acids is 1. The second-order valence-corrected chi connectivity index (χ2v) is 4.57. The number of hydrogen-bond acceptors (Lipinski definition) is 2. The highest BCUT2D eigenvalue weighted by Crippen LogP contribution is 2.28. The summed E-state index contributed by atoms with van der Waals surface area (Å²) in [5.41, 5.74) is 9.33. The molecule has 2 unspecified atom stereocenters. The van der Waals surface area contributed by atoms with Crippen LogP contribution in [0.5, 0.6) is 0 Å². The molecule has 1 aromatic carbocycles. The minimum Gasteiger partial charge on any atom is -0.480 e. The van der Waals surface area contributed by atoms with Gasteiger partial charge in [-0.1, -0.05) is 25.1 Å². The molecule has 0 saturated carbocycles. The Bertz CT molecular complexity index is 401. The van der Waals surface area contributed by atoms with Crippen LogP contribution >= 0.6 is 0 Å². The highest BCUT2D eigenvalue weighted by Gasteiger charge is 2.20. The van der Waals surface area contributed by atoms with Gasteiger partial charge in [0.25, 0.3) is 0 Å². The Morgan fingerprint density at radius 2 is 2.06 bits per heavy atom. The zero-order valence-electron chi connectivity index (χ0n) is 10.7. The van der Waals surface area contributed by atoms with E-state index in [-0.39, 0.29) is 5.92 Å². The summed E-state index contributed by atoms with van der Waals surface area (Å²) >= 11 is 0. The molecule has 0 bridgehead atoms. The van der Waals surface area contributed by atoms with Gasteiger partial charge in [0.05, 0.1) is 0 Å². The maximum absolute atomic E-state index is 10.8. The third-order valence-electron chi connectivity index (χ3n) is 3.43. The third-order valence-corrected chi connectivity index (χ3v) is 3.43. The number of rotatable bonds is 5. The van der Waals surface area contributed by atoms with Crippen molar-refractivity contribution in [2.45, 2.75) is 45.6 Å². The van der Waals surface area contributed by atoms with E-state index in [0.29, 0.717) is 6.42 Å². The van der Waals surface area contributed by atoms with Crippen LogP contribution in [0.2, 0.25) is 0 Å². The lowest BCUT2D eigenvalue weighted by Crippen LogP contribution is -2.31. The van der Waals surface area contributed by atoms with Crippen molar-refractivity contribution in [3.63, 3.8) is 0 Å². The Balaban J connectivity index is 2.94. The highest BCUT2D eigenvalue weighted by molar-refractivity contribution is 5.73. The maximum atomic E-state index is 10.8. The molecule has 0 amide bonds. The van der Waals surface area contributed by atoms with Gasteiger partial charge >= 0.3 is 5.97 Å². The number of aryl methyl sites for hydroxylation is 1. The average molecular weight is 235 g/mol. The van der Waals surface area contributed by atoms with E-state index in [1.807, 2.05) is 6.07 Å². The molecule has 0 aliphatic rings. The van der Waals surface area contributed by atoms with Gasteiger partial charge in [-0.25, -0.2) is 0 Å². The largest absolute Gasteiger partial charge is 0.480 e. The summed E-state index contributed by atoms with van der Waals surface area (Å²) < 4.78 is 0. The molecule has 3 nitrogen and oxygen atoms in total. The van der Waals surface area contributed by atoms with E-state index >= 15 is 0 Å². The zero-order valence-corrected chi connectivity index (χ0v) is 10.7. The van der Waals surface area contributed by atoms with E-state index in [2.05, 4.69) is 32.9 Å². The minimum absolute atomic E-state index is 0.223. The Hall–Kier alpha value is -1.35. The van der Waals surface area contributed by atoms with Crippen molar-refractivity contribution in [1.82, 2.24) is 0 Å². The second-order valence-electron chi connectivity index (χ2n) is 4.57. The number of aliphatic carboxylic acids is 1. The lowest BCUT2D eigenvalue weighted by molar-refractivity contribution is -0.138. The molecule has 0 fully saturated rings. The SMILES string of the molecule is CCC(CC(N)C(=O)O)c1cccc(C)c1C. The molecule has 0 aliphatic carbocycles. The maximum Gasteiger partial charge on any atom is 0.320 e. The first-order valence-electron chi connectivity index (χ1n) is 6.01. The van der Waals surface area contributed by atoms with Crippen molar-refractivity contribution in [2.24, 2.45) is 5.73 Å². The summed E-state index contributed by atoms with van der Waals surface area (Å²) in [6.45, 7) is 6.23. The molecule has 0 aromatic heterocycles. The number of hydrogen-bond donors (Lipinski definition) is 2. The minimum atomic E-state index is -0.922. The Morgan fingerprint density at radius 3 is 2.59 bits per heavy atom. The third kappa shape index (κ3) is 3.30. The van der Waals surface area contributed by atoms with Gasteiger partial charge in [-0.15, -0.1) is 0 Å². The fourth-order valence-electron chi connectivity index (χ4n) is 2.14. The standard InChI is InChI=1S/C14H21NO2/c1-4-11(8-13(15)14(16)17)12-7-5-6-9(2)10(12)3/h5-7,11,13H,4,8,15H2,1-3H3,(H,16,17). The molecule has 1 aromatic rings. The van der Waals surface area contributed by atoms with Crippen LogP contribution in [0.25, 0.3) is 0 Å². The van der Waals surface area contributed by atoms with Gasteiger partial charge in [0.1, 0.15) is 6.04 Å². The van der Waals surface area contributed by atoms with Crippen molar-refractivity contribution >= 4 is 5.97 Å². The fourth-order valence-corrected chi connectivity index (χ4v) is 2.14. The first-order chi connectivity index (χ1) is 7.97. The predicted molar refractivity (Wildman–Crippen MR) is 69.2 cm³/mol. The lowest BCUT2D eigenvalue weighted by atomic mass is 9.86. The van der Waals surface area contributed by atoms with Crippen LogP contribution in [0.1, 0.15) is 42.4 Å². The highest BCUT2D eigenvalue weighted by atomic mass is 16.4. The van der Waals surface area contributed by atoms with Crippen molar-refractivity contribution in [3.05, 3.63) is 34.9 Å². The van der Waals surface area contributed by atoms with Crippen LogP contribution in [0.15, 0.2) is 18.2 Å². The van der Waals surface area contributed by atoms with Gasteiger partial charge in [0.2, 0.25) is 0 Å². The van der Waals surface area contributed by atoms with Crippen LogP contribution < -0.4 is 5.73 Å². The second kappa shape index (κ2) is 5.82. The molecule has 94 valence electrons. The molecule has 0 saturated heterocycles. The molecular formula is C14H21NO2. The normalized spacial score (nSPS) is 14.4. The summed E-state index contributed by atoms with van der Waals surface area (Å²) in [4.78, 5) is 10.8. The molecule has 0 aliphatic heterocycles. The Labute approximate surface area is 103 Å². The summed E-state index contributed by atoms with van der Waals surface area (Å²) in [6.07, 6.45) is 1.40. The topological polar surface area (TPSA) is 63.3 Å². The summed E-state index contributed by atoms with van der Waals surface area (Å²) in [7, 11) is 0. The van der Waals surface area contributed by atoms with Crippen LogP contribution in [0, 0.1) is 13.8 Å². The zero-order chi connectivity index (χ0) is 13.0. The van der Waals surface area contributed by atoms with Crippen molar-refractivity contribution in [2.75, 3.05) is 0 Å². The quantitative estimate of drug-likeness (QED) is 0.824. The summed E-state index contributed by atoms with van der Waals surface area (Å²) in [6, 6.07) is 5.39. The first kappa shape index (κ1) is 13.7. The van der Waals surface area contributed by atoms with Crippen molar-refractivity contribution in [1.29, 1.82) is 0 Å². The van der Waals surface area contributed by atoms with E-state index in [1.54, 1.807) is 0 Å². The molecule has 1 rings (SSSR count). The lowest BCUT2D eigenvalue weighted by Gasteiger charge is -2.20. The van der Waals surface area contributed by atoms with Crippen LogP contribution in [-0.4, -0.2) is 17.1 Å². The van der Waals surface area contributed by atoms with Gasteiger partial charge in [0, 0.05) is 0 Å². The Kier molecular flexibility index (Phi) is 4.70. The van der Waals surface area contributed by atoms with Crippen LogP contribution in [-0.2, 0) is 4.79 Å². The molecule has 0 heterocycles. The smallest absolute Gasteiger partial charge is 0.320 e. The Morgan fingerprint density at radius 1 is 1.41 bits per heavy atom. The van der Waals surface area contributed by atoms with E-state index in [4.69, 9.17) is 10.8 Å². The van der Waals surface area contributed by atoms with Gasteiger partial charge in [0.15, 0.2) is 0 Å². The monoisotopic (exact) mass is 235 g/mol. The molecule has 0 spiro atoms. The molecule has 3 N–H and O–H groups in total. The molecular weight excluding hydrogens is 214 g/mol.